The SMILES string of the molecule is NS(=O)(=O)c1cccc(C(=O)OCC(=O)Nc2c(Cl)cc(Cl)cc2Cl)c1. The van der Waals surface area contributed by atoms with Gasteiger partial charge in [0.25, 0.3) is 5.91 Å². The van der Waals surface area contributed by atoms with Crippen LogP contribution in [0.1, 0.15) is 10.4 Å². The van der Waals surface area contributed by atoms with Crippen molar-refractivity contribution in [2.75, 3.05) is 11.9 Å². The Bertz CT molecular complexity index is 956. The monoisotopic (exact) mass is 436 g/mol. The number of rotatable bonds is 5. The highest BCUT2D eigenvalue weighted by molar-refractivity contribution is 7.89. The fourth-order valence-corrected chi connectivity index (χ4v) is 3.32. The standard InChI is InChI=1S/C15H11Cl3N2O5S/c16-9-5-11(17)14(12(18)6-9)20-13(21)7-25-15(22)8-2-1-3-10(4-8)26(19,23)24/h1-6H,7H2,(H,20,21)(H2,19,23,24). The molecule has 0 bridgehead atoms. The van der Waals surface area contributed by atoms with Gasteiger partial charge in [-0.05, 0) is 30.3 Å². The van der Waals surface area contributed by atoms with Crippen LogP contribution in [0.4, 0.5) is 5.69 Å². The van der Waals surface area contributed by atoms with Crippen LogP contribution < -0.4 is 10.5 Å². The lowest BCUT2D eigenvalue weighted by molar-refractivity contribution is -0.119. The highest BCUT2D eigenvalue weighted by atomic mass is 35.5. The second kappa shape index (κ2) is 8.24. The number of carbonyl (C=O) groups excluding carboxylic acids is 2. The Kier molecular flexibility index (Phi) is 6.48. The van der Waals surface area contributed by atoms with Crippen molar-refractivity contribution in [1.29, 1.82) is 0 Å². The maximum absolute atomic E-state index is 12.0. The van der Waals surface area contributed by atoms with E-state index in [9.17, 15) is 18.0 Å². The molecule has 0 fully saturated rings. The first kappa shape index (κ1) is 20.5. The summed E-state index contributed by atoms with van der Waals surface area (Å²) in [5.74, 6) is -1.61. The van der Waals surface area contributed by atoms with E-state index in [2.05, 4.69) is 5.32 Å². The molecule has 0 spiro atoms. The molecule has 26 heavy (non-hydrogen) atoms. The number of ether oxygens (including phenoxy) is 1. The normalized spacial score (nSPS) is 11.1. The first-order chi connectivity index (χ1) is 12.1. The van der Waals surface area contributed by atoms with Crippen molar-refractivity contribution >= 4 is 62.4 Å². The van der Waals surface area contributed by atoms with Crippen LogP contribution in [-0.2, 0) is 19.6 Å². The van der Waals surface area contributed by atoms with Gasteiger partial charge in [0.05, 0.1) is 26.2 Å². The first-order valence-corrected chi connectivity index (χ1v) is 9.50. The smallest absolute Gasteiger partial charge is 0.338 e. The quantitative estimate of drug-likeness (QED) is 0.697. The fraction of sp³-hybridized carbons (Fsp3) is 0.0667. The minimum atomic E-state index is -3.97. The number of primary sulfonamides is 1. The molecule has 0 aliphatic rings. The Labute approximate surface area is 164 Å². The summed E-state index contributed by atoms with van der Waals surface area (Å²) in [6, 6.07) is 7.68. The zero-order valence-corrected chi connectivity index (χ0v) is 15.9. The fourth-order valence-electron chi connectivity index (χ4n) is 1.85. The zero-order valence-electron chi connectivity index (χ0n) is 12.8. The van der Waals surface area contributed by atoms with Gasteiger partial charge in [0.15, 0.2) is 6.61 Å². The van der Waals surface area contributed by atoms with Gasteiger partial charge in [-0.15, -0.1) is 0 Å². The third-order valence-electron chi connectivity index (χ3n) is 3.00. The number of hydrogen-bond acceptors (Lipinski definition) is 5. The molecule has 2 rings (SSSR count). The molecule has 0 radical (unpaired) electrons. The van der Waals surface area contributed by atoms with Gasteiger partial charge >= 0.3 is 5.97 Å². The molecule has 0 aliphatic carbocycles. The average Bonchev–Trinajstić information content (AvgIpc) is 2.55. The summed E-state index contributed by atoms with van der Waals surface area (Å²) >= 11 is 17.6. The van der Waals surface area contributed by atoms with Crippen LogP contribution in [0.2, 0.25) is 15.1 Å². The van der Waals surface area contributed by atoms with Gasteiger partial charge in [-0.2, -0.15) is 0 Å². The number of nitrogens with two attached hydrogens (primary N) is 1. The average molecular weight is 438 g/mol. The molecule has 2 aromatic rings. The van der Waals surface area contributed by atoms with Crippen molar-refractivity contribution in [3.63, 3.8) is 0 Å². The van der Waals surface area contributed by atoms with Crippen molar-refractivity contribution in [2.45, 2.75) is 4.90 Å². The highest BCUT2D eigenvalue weighted by Crippen LogP contribution is 2.33. The van der Waals surface area contributed by atoms with Crippen LogP contribution in [0.25, 0.3) is 0 Å². The molecule has 0 unspecified atom stereocenters. The minimum Gasteiger partial charge on any atom is -0.452 e. The molecule has 0 aromatic heterocycles. The van der Waals surface area contributed by atoms with E-state index in [-0.39, 0.29) is 26.2 Å². The molecular formula is C15H11Cl3N2O5S. The molecule has 2 aromatic carbocycles. The number of esters is 1. The predicted octanol–water partition coefficient (Wildman–Crippen LogP) is 3.09. The number of halogens is 3. The number of sulfonamides is 1. The number of benzene rings is 2. The Balaban J connectivity index is 2.03. The predicted molar refractivity (Wildman–Crippen MR) is 98.2 cm³/mol. The molecule has 3 N–H and O–H groups in total. The first-order valence-electron chi connectivity index (χ1n) is 6.82. The summed E-state index contributed by atoms with van der Waals surface area (Å²) < 4.78 is 27.4. The van der Waals surface area contributed by atoms with Crippen molar-refractivity contribution < 1.29 is 22.7 Å². The number of hydrogen-bond donors (Lipinski definition) is 2. The van der Waals surface area contributed by atoms with Crippen molar-refractivity contribution in [1.82, 2.24) is 0 Å². The van der Waals surface area contributed by atoms with E-state index in [1.165, 1.54) is 30.3 Å². The Morgan fingerprint density at radius 1 is 1.08 bits per heavy atom. The van der Waals surface area contributed by atoms with Gasteiger partial charge in [0.2, 0.25) is 10.0 Å². The number of amides is 1. The second-order valence-electron chi connectivity index (χ2n) is 4.94. The van der Waals surface area contributed by atoms with Gasteiger partial charge in [0, 0.05) is 5.02 Å². The largest absolute Gasteiger partial charge is 0.452 e. The molecular weight excluding hydrogens is 427 g/mol. The van der Waals surface area contributed by atoms with Crippen molar-refractivity contribution in [3.8, 4) is 0 Å². The van der Waals surface area contributed by atoms with E-state index in [4.69, 9.17) is 44.7 Å². The summed E-state index contributed by atoms with van der Waals surface area (Å²) in [5.41, 5.74) is 0.0434. The third kappa shape index (κ3) is 5.33. The Morgan fingerprint density at radius 3 is 2.27 bits per heavy atom. The van der Waals surface area contributed by atoms with E-state index >= 15 is 0 Å². The van der Waals surface area contributed by atoms with Gasteiger partial charge < -0.3 is 10.1 Å². The molecule has 7 nitrogen and oxygen atoms in total. The van der Waals surface area contributed by atoms with Crippen molar-refractivity contribution in [3.05, 3.63) is 57.0 Å². The summed E-state index contributed by atoms with van der Waals surface area (Å²) in [4.78, 5) is 23.6. The van der Waals surface area contributed by atoms with Crippen molar-refractivity contribution in [2.24, 2.45) is 5.14 Å². The maximum Gasteiger partial charge on any atom is 0.338 e. The Morgan fingerprint density at radius 2 is 1.69 bits per heavy atom. The van der Waals surface area contributed by atoms with Gasteiger partial charge in [-0.1, -0.05) is 40.9 Å². The van der Waals surface area contributed by atoms with E-state index in [1.807, 2.05) is 0 Å². The van der Waals surface area contributed by atoms with Crippen LogP contribution in [-0.4, -0.2) is 26.9 Å². The number of carbonyl (C=O) groups is 2. The summed E-state index contributed by atoms with van der Waals surface area (Å²) in [6.07, 6.45) is 0. The highest BCUT2D eigenvalue weighted by Gasteiger charge is 2.16. The molecule has 0 saturated carbocycles. The van der Waals surface area contributed by atoms with Crippen LogP contribution in [0, 0.1) is 0 Å². The molecule has 11 heteroatoms. The molecule has 0 aliphatic heterocycles. The van der Waals surface area contributed by atoms with E-state index in [0.29, 0.717) is 5.02 Å². The van der Waals surface area contributed by atoms with Crippen LogP contribution in [0.3, 0.4) is 0 Å². The van der Waals surface area contributed by atoms with Gasteiger partial charge in [-0.3, -0.25) is 4.79 Å². The Hall–Kier alpha value is -1.84. The maximum atomic E-state index is 12.0. The topological polar surface area (TPSA) is 116 Å². The van der Waals surface area contributed by atoms with E-state index in [0.717, 1.165) is 6.07 Å². The number of nitrogens with one attached hydrogen (secondary N) is 1. The lowest BCUT2D eigenvalue weighted by Gasteiger charge is -2.10. The van der Waals surface area contributed by atoms with Crippen LogP contribution in [0.5, 0.6) is 0 Å². The summed E-state index contributed by atoms with van der Waals surface area (Å²) in [6.45, 7) is -0.645. The number of anilines is 1. The van der Waals surface area contributed by atoms with Gasteiger partial charge in [0.1, 0.15) is 0 Å². The molecule has 1 amide bonds. The summed E-state index contributed by atoms with van der Waals surface area (Å²) in [5, 5.41) is 7.91. The molecule has 0 saturated heterocycles. The van der Waals surface area contributed by atoms with Crippen LogP contribution >= 0.6 is 34.8 Å². The minimum absolute atomic E-state index is 0.0770. The lowest BCUT2D eigenvalue weighted by Crippen LogP contribution is -2.21. The van der Waals surface area contributed by atoms with Crippen LogP contribution in [0.15, 0.2) is 41.3 Å². The lowest BCUT2D eigenvalue weighted by atomic mass is 10.2. The zero-order chi connectivity index (χ0) is 19.5. The summed E-state index contributed by atoms with van der Waals surface area (Å²) in [7, 11) is -3.97. The van der Waals surface area contributed by atoms with E-state index in [1.54, 1.807) is 0 Å². The third-order valence-corrected chi connectivity index (χ3v) is 4.73. The second-order valence-corrected chi connectivity index (χ2v) is 7.75. The molecule has 138 valence electrons. The molecule has 0 atom stereocenters. The van der Waals surface area contributed by atoms with E-state index < -0.39 is 28.5 Å². The molecule has 0 heterocycles. The van der Waals surface area contributed by atoms with Gasteiger partial charge in [-0.25, -0.2) is 18.4 Å².